The van der Waals surface area contributed by atoms with Crippen molar-refractivity contribution < 1.29 is 37.0 Å². The molecule has 11 nitrogen and oxygen atoms in total. The van der Waals surface area contributed by atoms with E-state index >= 15 is 0 Å². The number of hydrogen-bond acceptors (Lipinski definition) is 8. The molecule has 46 heavy (non-hydrogen) atoms. The van der Waals surface area contributed by atoms with Crippen molar-refractivity contribution >= 4 is 21.8 Å². The number of hydrogen-bond donors (Lipinski definition) is 1. The van der Waals surface area contributed by atoms with Gasteiger partial charge in [-0.05, 0) is 60.4 Å². The fourth-order valence-corrected chi connectivity index (χ4v) is 6.90. The summed E-state index contributed by atoms with van der Waals surface area (Å²) in [5.41, 5.74) is 1.72. The molecular formula is C34H41N3O8S. The van der Waals surface area contributed by atoms with Crippen LogP contribution in [0.5, 0.6) is 11.5 Å². The summed E-state index contributed by atoms with van der Waals surface area (Å²) in [4.78, 5) is 29.4. The predicted molar refractivity (Wildman–Crippen MR) is 171 cm³/mol. The largest absolute Gasteiger partial charge is 0.497 e. The van der Waals surface area contributed by atoms with Crippen LogP contribution in [0.2, 0.25) is 0 Å². The van der Waals surface area contributed by atoms with Crippen molar-refractivity contribution in [3.63, 3.8) is 0 Å². The molecule has 1 N–H and O–H groups in total. The summed E-state index contributed by atoms with van der Waals surface area (Å²) in [6, 6.07) is 22.1. The zero-order valence-electron chi connectivity index (χ0n) is 26.0. The van der Waals surface area contributed by atoms with Gasteiger partial charge < -0.3 is 29.2 Å². The van der Waals surface area contributed by atoms with E-state index in [1.54, 1.807) is 7.11 Å². The van der Waals surface area contributed by atoms with Gasteiger partial charge in [-0.3, -0.25) is 9.59 Å². The number of ether oxygens (including phenoxy) is 4. The Balaban J connectivity index is 1.34. The van der Waals surface area contributed by atoms with E-state index in [-0.39, 0.29) is 30.1 Å². The first kappa shape index (κ1) is 33.4. The third kappa shape index (κ3) is 8.85. The van der Waals surface area contributed by atoms with Gasteiger partial charge in [0.25, 0.3) is 5.91 Å². The first-order valence-electron chi connectivity index (χ1n) is 15.5. The molecule has 0 saturated carbocycles. The lowest BCUT2D eigenvalue weighted by Gasteiger charge is -2.32. The van der Waals surface area contributed by atoms with E-state index in [2.05, 4.69) is 5.32 Å². The van der Waals surface area contributed by atoms with Crippen molar-refractivity contribution in [2.24, 2.45) is 0 Å². The molecule has 5 rings (SSSR count). The van der Waals surface area contributed by atoms with Gasteiger partial charge in [-0.2, -0.15) is 4.31 Å². The maximum absolute atomic E-state index is 13.9. The Labute approximate surface area is 270 Å². The van der Waals surface area contributed by atoms with Crippen molar-refractivity contribution in [3.8, 4) is 11.5 Å². The Morgan fingerprint density at radius 2 is 1.63 bits per heavy atom. The standard InChI is InChI=1S/C34H41N3O8S/c1-42-28-11-9-27(10-12-28)24-37(32(22-26-6-3-2-4-7-26)34(39)35-23-30-8-5-19-44-30)33(38)25-45-29-13-15-31(16-14-29)46(40,41)36-17-20-43-21-18-36/h2-4,6-7,9-16,30,32H,5,8,17-25H2,1H3,(H,35,39)/t30-,32+/m0/s1. The van der Waals surface area contributed by atoms with Gasteiger partial charge in [0.05, 0.1) is 31.3 Å². The fourth-order valence-electron chi connectivity index (χ4n) is 5.49. The van der Waals surface area contributed by atoms with Crippen molar-refractivity contribution in [3.05, 3.63) is 90.0 Å². The van der Waals surface area contributed by atoms with Crippen LogP contribution < -0.4 is 14.8 Å². The van der Waals surface area contributed by atoms with E-state index in [0.717, 1.165) is 24.0 Å². The number of sulfonamides is 1. The number of carbonyl (C=O) groups is 2. The first-order valence-corrected chi connectivity index (χ1v) is 16.9. The van der Waals surface area contributed by atoms with Gasteiger partial charge in [-0.15, -0.1) is 0 Å². The molecule has 0 unspecified atom stereocenters. The lowest BCUT2D eigenvalue weighted by Crippen LogP contribution is -2.52. The monoisotopic (exact) mass is 651 g/mol. The van der Waals surface area contributed by atoms with Crippen molar-refractivity contribution in [1.82, 2.24) is 14.5 Å². The molecule has 2 amide bonds. The van der Waals surface area contributed by atoms with E-state index in [1.807, 2.05) is 54.6 Å². The molecular weight excluding hydrogens is 610 g/mol. The Morgan fingerprint density at radius 3 is 2.28 bits per heavy atom. The zero-order valence-corrected chi connectivity index (χ0v) is 26.8. The molecule has 2 aliphatic heterocycles. The predicted octanol–water partition coefficient (Wildman–Crippen LogP) is 3.03. The Hall–Kier alpha value is -3.97. The van der Waals surface area contributed by atoms with E-state index < -0.39 is 22.0 Å². The molecule has 2 heterocycles. The third-order valence-corrected chi connectivity index (χ3v) is 10.0. The second-order valence-electron chi connectivity index (χ2n) is 11.2. The number of methoxy groups -OCH3 is 1. The van der Waals surface area contributed by atoms with Crippen LogP contribution in [0.1, 0.15) is 24.0 Å². The SMILES string of the molecule is COc1ccc(CN(C(=O)COc2ccc(S(=O)(=O)N3CCOCC3)cc2)[C@H](Cc2ccccc2)C(=O)NC[C@@H]2CCCO2)cc1. The zero-order chi connectivity index (χ0) is 32.4. The quantitative estimate of drug-likeness (QED) is 0.282. The number of morpholine rings is 1. The minimum atomic E-state index is -3.67. The average Bonchev–Trinajstić information content (AvgIpc) is 3.63. The number of rotatable bonds is 14. The van der Waals surface area contributed by atoms with Crippen molar-refractivity contribution in [1.29, 1.82) is 0 Å². The normalized spacial score (nSPS) is 17.6. The summed E-state index contributed by atoms with van der Waals surface area (Å²) >= 11 is 0. The van der Waals surface area contributed by atoms with Gasteiger partial charge in [-0.1, -0.05) is 42.5 Å². The highest BCUT2D eigenvalue weighted by molar-refractivity contribution is 7.89. The van der Waals surface area contributed by atoms with Crippen LogP contribution in [0.15, 0.2) is 83.8 Å². The highest BCUT2D eigenvalue weighted by atomic mass is 32.2. The minimum Gasteiger partial charge on any atom is -0.497 e. The Bertz CT molecular complexity index is 1520. The Kier molecular flexibility index (Phi) is 11.6. The molecule has 3 aromatic rings. The highest BCUT2D eigenvalue weighted by Gasteiger charge is 2.32. The van der Waals surface area contributed by atoms with E-state index in [9.17, 15) is 18.0 Å². The molecule has 2 fully saturated rings. The van der Waals surface area contributed by atoms with E-state index in [4.69, 9.17) is 18.9 Å². The lowest BCUT2D eigenvalue weighted by atomic mass is 10.0. The minimum absolute atomic E-state index is 0.0505. The Morgan fingerprint density at radius 1 is 0.935 bits per heavy atom. The second kappa shape index (κ2) is 16.0. The smallest absolute Gasteiger partial charge is 0.261 e. The summed E-state index contributed by atoms with van der Waals surface area (Å²) < 4.78 is 49.6. The molecule has 3 aromatic carbocycles. The highest BCUT2D eigenvalue weighted by Crippen LogP contribution is 2.22. The van der Waals surface area contributed by atoms with Crippen molar-refractivity contribution in [2.75, 3.05) is 53.2 Å². The van der Waals surface area contributed by atoms with Crippen LogP contribution >= 0.6 is 0 Å². The molecule has 2 atom stereocenters. The summed E-state index contributed by atoms with van der Waals surface area (Å²) in [5, 5.41) is 3.02. The van der Waals surface area contributed by atoms with Crippen LogP contribution in [0.4, 0.5) is 0 Å². The van der Waals surface area contributed by atoms with Crippen LogP contribution in [0.25, 0.3) is 0 Å². The topological polar surface area (TPSA) is 124 Å². The third-order valence-electron chi connectivity index (χ3n) is 8.10. The van der Waals surface area contributed by atoms with Crippen LogP contribution in [0, 0.1) is 0 Å². The summed E-state index contributed by atoms with van der Waals surface area (Å²) in [6.07, 6.45) is 2.07. The number of carbonyl (C=O) groups excluding carboxylic acids is 2. The number of nitrogens with zero attached hydrogens (tertiary/aromatic N) is 2. The molecule has 0 aliphatic carbocycles. The average molecular weight is 652 g/mol. The summed E-state index contributed by atoms with van der Waals surface area (Å²) in [5.74, 6) is 0.341. The van der Waals surface area contributed by atoms with Gasteiger partial charge in [0.15, 0.2) is 6.61 Å². The maximum atomic E-state index is 13.9. The van der Waals surface area contributed by atoms with Gasteiger partial charge >= 0.3 is 0 Å². The molecule has 0 spiro atoms. The molecule has 12 heteroatoms. The summed E-state index contributed by atoms with van der Waals surface area (Å²) in [6.45, 7) is 2.15. The second-order valence-corrected chi connectivity index (χ2v) is 13.2. The molecule has 0 aromatic heterocycles. The van der Waals surface area contributed by atoms with Crippen molar-refractivity contribution in [2.45, 2.75) is 42.8 Å². The van der Waals surface area contributed by atoms with Crippen LogP contribution in [-0.2, 0) is 42.1 Å². The maximum Gasteiger partial charge on any atom is 0.261 e. The molecule has 246 valence electrons. The number of amides is 2. The fraction of sp³-hybridized carbons (Fsp3) is 0.412. The molecule has 2 aliphatic rings. The molecule has 0 radical (unpaired) electrons. The van der Waals surface area contributed by atoms with E-state index in [0.29, 0.717) is 57.4 Å². The number of benzene rings is 3. The van der Waals surface area contributed by atoms with E-state index in [1.165, 1.54) is 33.5 Å². The van der Waals surface area contributed by atoms with Crippen LogP contribution in [0.3, 0.4) is 0 Å². The number of nitrogens with one attached hydrogen (secondary N) is 1. The summed E-state index contributed by atoms with van der Waals surface area (Å²) in [7, 11) is -2.08. The molecule has 2 saturated heterocycles. The molecule has 0 bridgehead atoms. The van der Waals surface area contributed by atoms with Gasteiger partial charge in [0.2, 0.25) is 15.9 Å². The van der Waals surface area contributed by atoms with Gasteiger partial charge in [0, 0.05) is 39.2 Å². The van der Waals surface area contributed by atoms with Gasteiger partial charge in [-0.25, -0.2) is 8.42 Å². The van der Waals surface area contributed by atoms with Gasteiger partial charge in [0.1, 0.15) is 17.5 Å². The first-order chi connectivity index (χ1) is 22.3. The lowest BCUT2D eigenvalue weighted by molar-refractivity contribution is -0.143. The van der Waals surface area contributed by atoms with Crippen LogP contribution in [-0.4, -0.2) is 94.8 Å².